The summed E-state index contributed by atoms with van der Waals surface area (Å²) in [7, 11) is 0. The molecule has 4 heteroatoms. The Bertz CT molecular complexity index is 567. The molecule has 1 heterocycles. The third kappa shape index (κ3) is 2.29. The number of pyridine rings is 1. The first-order valence-corrected chi connectivity index (χ1v) is 5.48. The summed E-state index contributed by atoms with van der Waals surface area (Å²) in [6, 6.07) is 11.1. The van der Waals surface area contributed by atoms with Gasteiger partial charge >= 0.3 is 0 Å². The Labute approximate surface area is 104 Å². The van der Waals surface area contributed by atoms with E-state index in [9.17, 15) is 5.11 Å². The molecule has 86 valence electrons. The van der Waals surface area contributed by atoms with Crippen LogP contribution in [0.25, 0.3) is 11.3 Å². The third-order valence-electron chi connectivity index (χ3n) is 2.37. The Morgan fingerprint density at radius 3 is 2.53 bits per heavy atom. The number of benzene rings is 1. The maximum absolute atomic E-state index is 9.70. The van der Waals surface area contributed by atoms with Crippen molar-refractivity contribution in [3.63, 3.8) is 0 Å². The van der Waals surface area contributed by atoms with Gasteiger partial charge in [-0.05, 0) is 13.0 Å². The van der Waals surface area contributed by atoms with Gasteiger partial charge < -0.3 is 10.5 Å². The zero-order chi connectivity index (χ0) is 12.4. The van der Waals surface area contributed by atoms with Crippen LogP contribution in [-0.2, 0) is 0 Å². The van der Waals surface area contributed by atoms with Crippen molar-refractivity contribution < 1.29 is 5.11 Å². The van der Waals surface area contributed by atoms with Crippen LogP contribution >= 0.6 is 11.6 Å². The highest BCUT2D eigenvalue weighted by Crippen LogP contribution is 2.30. The molecule has 3 nitrogen and oxygen atoms in total. The van der Waals surface area contributed by atoms with Gasteiger partial charge in [-0.1, -0.05) is 41.9 Å². The number of aromatic nitrogens is 1. The molecule has 0 fully saturated rings. The summed E-state index contributed by atoms with van der Waals surface area (Å²) in [4.78, 5) is 4.24. The maximum atomic E-state index is 9.70. The lowest BCUT2D eigenvalue weighted by atomic mass is 10.1. The number of aromatic hydroxyl groups is 1. The number of rotatable bonds is 2. The lowest BCUT2D eigenvalue weighted by molar-refractivity contribution is 0.471. The van der Waals surface area contributed by atoms with Crippen molar-refractivity contribution in [3.05, 3.63) is 47.1 Å². The van der Waals surface area contributed by atoms with Crippen LogP contribution in [0.1, 0.15) is 12.6 Å². The predicted molar refractivity (Wildman–Crippen MR) is 68.9 cm³/mol. The van der Waals surface area contributed by atoms with E-state index in [1.807, 2.05) is 30.3 Å². The molecular formula is C13H11ClN2O. The van der Waals surface area contributed by atoms with Gasteiger partial charge in [-0.2, -0.15) is 0 Å². The first-order valence-electron chi connectivity index (χ1n) is 5.10. The third-order valence-corrected chi connectivity index (χ3v) is 2.66. The molecule has 0 bridgehead atoms. The molecule has 2 N–H and O–H groups in total. The summed E-state index contributed by atoms with van der Waals surface area (Å²) >= 11 is 5.93. The van der Waals surface area contributed by atoms with Gasteiger partial charge in [0.1, 0.15) is 5.69 Å². The molecule has 0 aliphatic heterocycles. The molecule has 0 atom stereocenters. The number of nitrogens with one attached hydrogen (secondary N) is 1. The maximum Gasteiger partial charge on any atom is 0.161 e. The van der Waals surface area contributed by atoms with Crippen LogP contribution in [0.3, 0.4) is 0 Å². The van der Waals surface area contributed by atoms with Gasteiger partial charge in [0.05, 0.1) is 16.4 Å². The molecule has 0 aliphatic carbocycles. The van der Waals surface area contributed by atoms with E-state index in [1.165, 1.54) is 0 Å². The normalized spacial score (nSPS) is 10.2. The van der Waals surface area contributed by atoms with E-state index in [2.05, 4.69) is 4.98 Å². The molecule has 2 aromatic rings. The minimum atomic E-state index is -0.140. The molecule has 1 aromatic heterocycles. The van der Waals surface area contributed by atoms with Gasteiger partial charge in [0.15, 0.2) is 5.75 Å². The molecule has 0 radical (unpaired) electrons. The highest BCUT2D eigenvalue weighted by atomic mass is 35.5. The summed E-state index contributed by atoms with van der Waals surface area (Å²) in [5.41, 5.74) is 1.95. The fourth-order valence-corrected chi connectivity index (χ4v) is 1.72. The van der Waals surface area contributed by atoms with E-state index >= 15 is 0 Å². The van der Waals surface area contributed by atoms with Crippen molar-refractivity contribution in [2.75, 3.05) is 0 Å². The van der Waals surface area contributed by atoms with Crippen molar-refractivity contribution >= 4 is 17.3 Å². The van der Waals surface area contributed by atoms with E-state index in [-0.39, 0.29) is 22.2 Å². The molecule has 0 spiro atoms. The van der Waals surface area contributed by atoms with Crippen LogP contribution in [-0.4, -0.2) is 15.8 Å². The second kappa shape index (κ2) is 4.55. The highest BCUT2D eigenvalue weighted by Gasteiger charge is 2.12. The van der Waals surface area contributed by atoms with Crippen molar-refractivity contribution in [3.8, 4) is 17.0 Å². The second-order valence-electron chi connectivity index (χ2n) is 3.68. The molecule has 17 heavy (non-hydrogen) atoms. The summed E-state index contributed by atoms with van der Waals surface area (Å²) in [5, 5.41) is 17.5. The van der Waals surface area contributed by atoms with Gasteiger partial charge in [0.2, 0.25) is 0 Å². The average molecular weight is 247 g/mol. The van der Waals surface area contributed by atoms with Gasteiger partial charge in [-0.15, -0.1) is 0 Å². The van der Waals surface area contributed by atoms with E-state index in [0.717, 1.165) is 5.56 Å². The van der Waals surface area contributed by atoms with Gasteiger partial charge in [-0.25, -0.2) is 4.98 Å². The molecular weight excluding hydrogens is 236 g/mol. The fraction of sp³-hybridized carbons (Fsp3) is 0.0769. The standard InChI is InChI=1S/C13H11ClN2O/c1-8(15)12-13(17)10(14)7-11(16-12)9-5-3-2-4-6-9/h2-7,15,17H,1H3. The first kappa shape index (κ1) is 11.6. The predicted octanol–water partition coefficient (Wildman–Crippen LogP) is 3.50. The minimum absolute atomic E-state index is 0.140. The van der Waals surface area contributed by atoms with Crippen molar-refractivity contribution in [2.24, 2.45) is 0 Å². The molecule has 0 saturated carbocycles. The number of halogens is 1. The van der Waals surface area contributed by atoms with Crippen LogP contribution in [0.15, 0.2) is 36.4 Å². The molecule has 0 unspecified atom stereocenters. The van der Waals surface area contributed by atoms with Gasteiger partial charge in [0.25, 0.3) is 0 Å². The Balaban J connectivity index is 2.61. The highest BCUT2D eigenvalue weighted by molar-refractivity contribution is 6.32. The lowest BCUT2D eigenvalue weighted by Gasteiger charge is -2.07. The van der Waals surface area contributed by atoms with Gasteiger partial charge in [0, 0.05) is 5.56 Å². The number of hydrogen-bond acceptors (Lipinski definition) is 3. The Morgan fingerprint density at radius 1 is 1.29 bits per heavy atom. The van der Waals surface area contributed by atoms with E-state index in [1.54, 1.807) is 13.0 Å². The average Bonchev–Trinajstić information content (AvgIpc) is 2.33. The Kier molecular flexibility index (Phi) is 3.11. The van der Waals surface area contributed by atoms with Crippen molar-refractivity contribution in [1.29, 1.82) is 5.41 Å². The summed E-state index contributed by atoms with van der Waals surface area (Å²) in [5.74, 6) is -0.140. The van der Waals surface area contributed by atoms with Crippen LogP contribution in [0.4, 0.5) is 0 Å². The molecule has 0 saturated heterocycles. The van der Waals surface area contributed by atoms with Crippen LogP contribution in [0.5, 0.6) is 5.75 Å². The van der Waals surface area contributed by atoms with Crippen molar-refractivity contribution in [1.82, 2.24) is 4.98 Å². The topological polar surface area (TPSA) is 57.0 Å². The number of nitrogens with zero attached hydrogens (tertiary/aromatic N) is 1. The van der Waals surface area contributed by atoms with Crippen LogP contribution in [0, 0.1) is 5.41 Å². The minimum Gasteiger partial charge on any atom is -0.504 e. The van der Waals surface area contributed by atoms with Gasteiger partial charge in [-0.3, -0.25) is 0 Å². The molecule has 2 rings (SSSR count). The number of hydrogen-bond donors (Lipinski definition) is 2. The Hall–Kier alpha value is -1.87. The first-order chi connectivity index (χ1) is 8.09. The van der Waals surface area contributed by atoms with Crippen LogP contribution in [0.2, 0.25) is 5.02 Å². The summed E-state index contributed by atoms with van der Waals surface area (Å²) < 4.78 is 0. The van der Waals surface area contributed by atoms with E-state index in [4.69, 9.17) is 17.0 Å². The SMILES string of the molecule is CC(=N)c1nc(-c2ccccc2)cc(Cl)c1O. The monoisotopic (exact) mass is 246 g/mol. The van der Waals surface area contributed by atoms with E-state index in [0.29, 0.717) is 5.69 Å². The fourth-order valence-electron chi connectivity index (χ4n) is 1.53. The quantitative estimate of drug-likeness (QED) is 0.797. The second-order valence-corrected chi connectivity index (χ2v) is 4.08. The lowest BCUT2D eigenvalue weighted by Crippen LogP contribution is -1.99. The molecule has 0 amide bonds. The smallest absolute Gasteiger partial charge is 0.161 e. The van der Waals surface area contributed by atoms with Crippen LogP contribution < -0.4 is 0 Å². The zero-order valence-corrected chi connectivity index (χ0v) is 9.99. The largest absolute Gasteiger partial charge is 0.504 e. The Morgan fingerprint density at radius 2 is 1.94 bits per heavy atom. The molecule has 0 aliphatic rings. The van der Waals surface area contributed by atoms with Crippen molar-refractivity contribution in [2.45, 2.75) is 6.92 Å². The van der Waals surface area contributed by atoms with E-state index < -0.39 is 0 Å². The summed E-state index contributed by atoms with van der Waals surface area (Å²) in [6.45, 7) is 1.56. The summed E-state index contributed by atoms with van der Waals surface area (Å²) in [6.07, 6.45) is 0. The zero-order valence-electron chi connectivity index (χ0n) is 9.24. The molecule has 1 aromatic carbocycles.